The van der Waals surface area contributed by atoms with Crippen LogP contribution in [0.1, 0.15) is 18.1 Å². The predicted molar refractivity (Wildman–Crippen MR) is 124 cm³/mol. The molecular formula is C25H30N4O3. The fourth-order valence-electron chi connectivity index (χ4n) is 4.12. The molecule has 1 aromatic heterocycles. The average molecular weight is 435 g/mol. The van der Waals surface area contributed by atoms with Gasteiger partial charge in [0.1, 0.15) is 0 Å². The van der Waals surface area contributed by atoms with E-state index >= 15 is 0 Å². The number of rotatable bonds is 7. The molecule has 0 aliphatic carbocycles. The highest BCUT2D eigenvalue weighted by atomic mass is 16.5. The monoisotopic (exact) mass is 434 g/mol. The number of hydrogen-bond acceptors (Lipinski definition) is 5. The van der Waals surface area contributed by atoms with E-state index in [-0.39, 0.29) is 5.91 Å². The van der Waals surface area contributed by atoms with Crippen molar-refractivity contribution in [3.05, 3.63) is 65.9 Å². The number of carbonyl (C=O) groups is 1. The minimum Gasteiger partial charge on any atom is -0.493 e. The second-order valence-corrected chi connectivity index (χ2v) is 8.04. The Bertz CT molecular complexity index is 1060. The molecule has 1 aliphatic rings. The predicted octanol–water partition coefficient (Wildman–Crippen LogP) is 3.28. The fraction of sp³-hybridized carbons (Fsp3) is 0.360. The molecule has 4 rings (SSSR count). The maximum absolute atomic E-state index is 11.7. The molecule has 1 amide bonds. The second kappa shape index (κ2) is 9.87. The fourth-order valence-corrected chi connectivity index (χ4v) is 4.12. The topological polar surface area (TPSA) is 59.8 Å². The van der Waals surface area contributed by atoms with E-state index in [2.05, 4.69) is 23.2 Å². The molecule has 0 radical (unpaired) electrons. The van der Waals surface area contributed by atoms with Gasteiger partial charge in [-0.3, -0.25) is 14.4 Å². The zero-order valence-corrected chi connectivity index (χ0v) is 19.0. The lowest BCUT2D eigenvalue weighted by molar-refractivity contribution is -0.130. The first-order valence-corrected chi connectivity index (χ1v) is 10.9. The minimum absolute atomic E-state index is 0.145. The van der Waals surface area contributed by atoms with E-state index in [4.69, 9.17) is 14.6 Å². The molecule has 0 atom stereocenters. The first-order chi connectivity index (χ1) is 15.6. The molecule has 0 N–H and O–H groups in total. The number of ether oxygens (including phenoxy) is 2. The van der Waals surface area contributed by atoms with Gasteiger partial charge in [0.15, 0.2) is 11.5 Å². The molecule has 0 bridgehead atoms. The number of methoxy groups -OCH3 is 2. The van der Waals surface area contributed by atoms with Crippen molar-refractivity contribution in [2.24, 2.45) is 0 Å². The molecule has 2 heterocycles. The zero-order chi connectivity index (χ0) is 22.5. The normalized spacial score (nSPS) is 14.4. The van der Waals surface area contributed by atoms with Crippen LogP contribution in [0.2, 0.25) is 0 Å². The molecule has 3 aromatic rings. The first kappa shape index (κ1) is 21.9. The van der Waals surface area contributed by atoms with Gasteiger partial charge in [0.2, 0.25) is 5.91 Å². The van der Waals surface area contributed by atoms with Crippen molar-refractivity contribution in [3.8, 4) is 22.8 Å². The van der Waals surface area contributed by atoms with Crippen LogP contribution in [0, 0.1) is 0 Å². The third-order valence-electron chi connectivity index (χ3n) is 5.89. The Balaban J connectivity index is 1.62. The van der Waals surface area contributed by atoms with Gasteiger partial charge in [-0.2, -0.15) is 5.10 Å². The summed E-state index contributed by atoms with van der Waals surface area (Å²) in [4.78, 5) is 16.0. The van der Waals surface area contributed by atoms with E-state index in [1.54, 1.807) is 21.1 Å². The minimum atomic E-state index is 0.145. The van der Waals surface area contributed by atoms with E-state index in [9.17, 15) is 4.79 Å². The van der Waals surface area contributed by atoms with Crippen molar-refractivity contribution < 1.29 is 14.3 Å². The van der Waals surface area contributed by atoms with Gasteiger partial charge in [-0.05, 0) is 23.8 Å². The Morgan fingerprint density at radius 3 is 2.31 bits per heavy atom. The SMILES string of the molecule is COc1ccc(-c2nn(Cc3ccccc3)cc2CN2CCN(C(C)=O)CC2)cc1OC. The Hall–Kier alpha value is -3.32. The molecule has 1 saturated heterocycles. The Morgan fingerprint density at radius 1 is 0.938 bits per heavy atom. The standard InChI is InChI=1S/C25H30N4O3/c1-19(30)28-13-11-27(12-14-28)17-22-18-29(16-20-7-5-4-6-8-20)26-25(22)21-9-10-23(31-2)24(15-21)32-3/h4-10,15,18H,11-14,16-17H2,1-3H3. The van der Waals surface area contributed by atoms with Gasteiger partial charge >= 0.3 is 0 Å². The van der Waals surface area contributed by atoms with Crippen LogP contribution >= 0.6 is 0 Å². The van der Waals surface area contributed by atoms with Crippen LogP contribution in [0.25, 0.3) is 11.3 Å². The molecule has 7 nitrogen and oxygen atoms in total. The van der Waals surface area contributed by atoms with Crippen LogP contribution in [-0.2, 0) is 17.9 Å². The van der Waals surface area contributed by atoms with Crippen LogP contribution in [0.3, 0.4) is 0 Å². The van der Waals surface area contributed by atoms with Gasteiger partial charge in [0.05, 0.1) is 26.5 Å². The molecule has 2 aromatic carbocycles. The van der Waals surface area contributed by atoms with Gasteiger partial charge < -0.3 is 14.4 Å². The van der Waals surface area contributed by atoms with Crippen LogP contribution in [0.15, 0.2) is 54.7 Å². The van der Waals surface area contributed by atoms with Crippen molar-refractivity contribution in [2.75, 3.05) is 40.4 Å². The third-order valence-corrected chi connectivity index (χ3v) is 5.89. The number of carbonyl (C=O) groups excluding carboxylic acids is 1. The van der Waals surface area contributed by atoms with E-state index in [1.807, 2.05) is 46.0 Å². The lowest BCUT2D eigenvalue weighted by Gasteiger charge is -2.34. The van der Waals surface area contributed by atoms with Crippen molar-refractivity contribution in [3.63, 3.8) is 0 Å². The molecule has 0 unspecified atom stereocenters. The molecule has 0 spiro atoms. The van der Waals surface area contributed by atoms with Crippen molar-refractivity contribution >= 4 is 5.91 Å². The lowest BCUT2D eigenvalue weighted by Crippen LogP contribution is -2.47. The maximum atomic E-state index is 11.7. The quantitative estimate of drug-likeness (QED) is 0.571. The number of hydrogen-bond donors (Lipinski definition) is 0. The van der Waals surface area contributed by atoms with Crippen molar-refractivity contribution in [1.29, 1.82) is 0 Å². The van der Waals surface area contributed by atoms with E-state index in [0.717, 1.165) is 49.5 Å². The molecule has 1 fully saturated rings. The molecule has 32 heavy (non-hydrogen) atoms. The van der Waals surface area contributed by atoms with E-state index in [1.165, 1.54) is 5.56 Å². The van der Waals surface area contributed by atoms with Crippen molar-refractivity contribution in [2.45, 2.75) is 20.0 Å². The summed E-state index contributed by atoms with van der Waals surface area (Å²) in [6, 6.07) is 16.2. The number of benzene rings is 2. The van der Waals surface area contributed by atoms with Gasteiger partial charge in [-0.15, -0.1) is 0 Å². The van der Waals surface area contributed by atoms with Crippen LogP contribution in [-0.4, -0.2) is 65.9 Å². The molecule has 0 saturated carbocycles. The number of piperazine rings is 1. The summed E-state index contributed by atoms with van der Waals surface area (Å²) in [7, 11) is 3.28. The van der Waals surface area contributed by atoms with E-state index in [0.29, 0.717) is 18.0 Å². The van der Waals surface area contributed by atoms with Crippen LogP contribution in [0.5, 0.6) is 11.5 Å². The third kappa shape index (κ3) is 4.94. The average Bonchev–Trinajstić information content (AvgIpc) is 3.21. The summed E-state index contributed by atoms with van der Waals surface area (Å²) in [5.74, 6) is 1.52. The van der Waals surface area contributed by atoms with Crippen molar-refractivity contribution in [1.82, 2.24) is 19.6 Å². The summed E-state index contributed by atoms with van der Waals surface area (Å²) >= 11 is 0. The highest BCUT2D eigenvalue weighted by Gasteiger charge is 2.21. The van der Waals surface area contributed by atoms with Gasteiger partial charge in [-0.1, -0.05) is 30.3 Å². The summed E-state index contributed by atoms with van der Waals surface area (Å²) in [6.07, 6.45) is 2.14. The largest absolute Gasteiger partial charge is 0.493 e. The molecule has 168 valence electrons. The summed E-state index contributed by atoms with van der Waals surface area (Å²) < 4.78 is 12.9. The molecular weight excluding hydrogens is 404 g/mol. The second-order valence-electron chi connectivity index (χ2n) is 8.04. The highest BCUT2D eigenvalue weighted by Crippen LogP contribution is 2.33. The Kier molecular flexibility index (Phi) is 6.75. The van der Waals surface area contributed by atoms with Gasteiger partial charge in [0, 0.05) is 57.0 Å². The molecule has 1 aliphatic heterocycles. The summed E-state index contributed by atoms with van der Waals surface area (Å²) in [5, 5.41) is 4.94. The smallest absolute Gasteiger partial charge is 0.219 e. The van der Waals surface area contributed by atoms with E-state index < -0.39 is 0 Å². The van der Waals surface area contributed by atoms with Crippen LogP contribution in [0.4, 0.5) is 0 Å². The highest BCUT2D eigenvalue weighted by molar-refractivity contribution is 5.73. The molecule has 7 heteroatoms. The van der Waals surface area contributed by atoms with Gasteiger partial charge in [0.25, 0.3) is 0 Å². The zero-order valence-electron chi connectivity index (χ0n) is 19.0. The summed E-state index contributed by atoms with van der Waals surface area (Å²) in [5.41, 5.74) is 4.29. The lowest BCUT2D eigenvalue weighted by atomic mass is 10.1. The number of aromatic nitrogens is 2. The number of nitrogens with zero attached hydrogens (tertiary/aromatic N) is 4. The Morgan fingerprint density at radius 2 is 1.66 bits per heavy atom. The van der Waals surface area contributed by atoms with Gasteiger partial charge in [-0.25, -0.2) is 0 Å². The maximum Gasteiger partial charge on any atom is 0.219 e. The van der Waals surface area contributed by atoms with Crippen LogP contribution < -0.4 is 9.47 Å². The first-order valence-electron chi connectivity index (χ1n) is 10.9. The number of amides is 1. The summed E-state index contributed by atoms with van der Waals surface area (Å²) in [6.45, 7) is 6.36. The Labute approximate surface area is 189 Å².